The van der Waals surface area contributed by atoms with Crippen LogP contribution in [0.25, 0.3) is 0 Å². The SMILES string of the molecule is CC(C)Cc1nc(C(N)CC(=O)O)cs1. The Kier molecular flexibility index (Phi) is 4.23. The number of carboxylic acids is 1. The summed E-state index contributed by atoms with van der Waals surface area (Å²) in [6.45, 7) is 4.25. The van der Waals surface area contributed by atoms with Crippen LogP contribution in [0.5, 0.6) is 0 Å². The van der Waals surface area contributed by atoms with Crippen molar-refractivity contribution < 1.29 is 9.90 Å². The fourth-order valence-corrected chi connectivity index (χ4v) is 2.30. The average Bonchev–Trinajstić information content (AvgIpc) is 2.50. The fraction of sp³-hybridized carbons (Fsp3) is 0.600. The van der Waals surface area contributed by atoms with Crippen LogP contribution in [0.3, 0.4) is 0 Å². The summed E-state index contributed by atoms with van der Waals surface area (Å²) < 4.78 is 0. The van der Waals surface area contributed by atoms with E-state index in [0.717, 1.165) is 11.4 Å². The molecule has 1 aromatic rings. The average molecular weight is 228 g/mol. The molecule has 0 aliphatic carbocycles. The second kappa shape index (κ2) is 5.23. The second-order valence-corrected chi connectivity index (χ2v) is 4.91. The predicted octanol–water partition coefficient (Wildman–Crippen LogP) is 1.82. The molecule has 0 saturated carbocycles. The molecule has 1 heterocycles. The maximum atomic E-state index is 10.5. The Labute approximate surface area is 93.1 Å². The quantitative estimate of drug-likeness (QED) is 0.806. The molecule has 0 saturated heterocycles. The maximum absolute atomic E-state index is 10.5. The van der Waals surface area contributed by atoms with E-state index in [0.29, 0.717) is 11.6 Å². The molecule has 0 fully saturated rings. The van der Waals surface area contributed by atoms with Crippen molar-refractivity contribution in [1.29, 1.82) is 0 Å². The van der Waals surface area contributed by atoms with Gasteiger partial charge in [0.2, 0.25) is 0 Å². The first-order valence-corrected chi connectivity index (χ1v) is 5.78. The van der Waals surface area contributed by atoms with Gasteiger partial charge in [-0.1, -0.05) is 13.8 Å². The Bertz CT molecular complexity index is 336. The predicted molar refractivity (Wildman–Crippen MR) is 59.8 cm³/mol. The molecule has 1 rings (SSSR count). The number of thiazole rings is 1. The Hall–Kier alpha value is -0.940. The smallest absolute Gasteiger partial charge is 0.305 e. The van der Waals surface area contributed by atoms with Gasteiger partial charge in [-0.15, -0.1) is 11.3 Å². The van der Waals surface area contributed by atoms with Crippen molar-refractivity contribution in [2.24, 2.45) is 11.7 Å². The zero-order valence-corrected chi connectivity index (χ0v) is 9.75. The van der Waals surface area contributed by atoms with Gasteiger partial charge in [-0.05, 0) is 5.92 Å². The summed E-state index contributed by atoms with van der Waals surface area (Å²) in [6.07, 6.45) is 0.856. The van der Waals surface area contributed by atoms with Gasteiger partial charge in [-0.3, -0.25) is 4.79 Å². The minimum atomic E-state index is -0.888. The monoisotopic (exact) mass is 228 g/mol. The van der Waals surface area contributed by atoms with Crippen LogP contribution in [-0.4, -0.2) is 16.1 Å². The largest absolute Gasteiger partial charge is 0.481 e. The molecule has 0 amide bonds. The molecule has 1 aromatic heterocycles. The third-order valence-corrected chi connectivity index (χ3v) is 2.82. The van der Waals surface area contributed by atoms with E-state index in [2.05, 4.69) is 18.8 Å². The van der Waals surface area contributed by atoms with Gasteiger partial charge in [0.25, 0.3) is 0 Å². The normalized spacial score (nSPS) is 13.1. The van der Waals surface area contributed by atoms with E-state index >= 15 is 0 Å². The highest BCUT2D eigenvalue weighted by molar-refractivity contribution is 7.09. The van der Waals surface area contributed by atoms with Gasteiger partial charge in [0.15, 0.2) is 0 Å². The first-order chi connectivity index (χ1) is 6.99. The van der Waals surface area contributed by atoms with Gasteiger partial charge in [0.1, 0.15) is 0 Å². The third-order valence-electron chi connectivity index (χ3n) is 1.93. The van der Waals surface area contributed by atoms with Crippen LogP contribution in [0.1, 0.15) is 37.0 Å². The molecule has 15 heavy (non-hydrogen) atoms. The summed E-state index contributed by atoms with van der Waals surface area (Å²) in [4.78, 5) is 14.8. The highest BCUT2D eigenvalue weighted by atomic mass is 32.1. The van der Waals surface area contributed by atoms with E-state index in [1.54, 1.807) is 11.3 Å². The third kappa shape index (κ3) is 3.97. The molecule has 0 bridgehead atoms. The number of nitrogens with two attached hydrogens (primary N) is 1. The number of carboxylic acid groups (broad SMARTS) is 1. The van der Waals surface area contributed by atoms with Crippen LogP contribution >= 0.6 is 11.3 Å². The molecule has 5 heteroatoms. The molecule has 1 atom stereocenters. The Morgan fingerprint density at radius 3 is 2.87 bits per heavy atom. The number of hydrogen-bond donors (Lipinski definition) is 2. The Morgan fingerprint density at radius 2 is 2.33 bits per heavy atom. The van der Waals surface area contributed by atoms with Crippen LogP contribution in [0.2, 0.25) is 0 Å². The zero-order valence-electron chi connectivity index (χ0n) is 8.93. The van der Waals surface area contributed by atoms with E-state index < -0.39 is 12.0 Å². The number of rotatable bonds is 5. The Balaban J connectivity index is 2.62. The molecular weight excluding hydrogens is 212 g/mol. The van der Waals surface area contributed by atoms with Crippen molar-refractivity contribution in [3.8, 4) is 0 Å². The topological polar surface area (TPSA) is 76.2 Å². The number of hydrogen-bond acceptors (Lipinski definition) is 4. The van der Waals surface area contributed by atoms with Crippen molar-refractivity contribution in [2.75, 3.05) is 0 Å². The summed E-state index contributed by atoms with van der Waals surface area (Å²) in [5.74, 6) is -0.333. The highest BCUT2D eigenvalue weighted by Crippen LogP contribution is 2.19. The summed E-state index contributed by atoms with van der Waals surface area (Å²) in [7, 11) is 0. The maximum Gasteiger partial charge on any atom is 0.305 e. The van der Waals surface area contributed by atoms with E-state index in [9.17, 15) is 4.79 Å². The van der Waals surface area contributed by atoms with E-state index in [1.165, 1.54) is 0 Å². The van der Waals surface area contributed by atoms with E-state index in [-0.39, 0.29) is 6.42 Å². The Morgan fingerprint density at radius 1 is 1.67 bits per heavy atom. The highest BCUT2D eigenvalue weighted by Gasteiger charge is 2.14. The lowest BCUT2D eigenvalue weighted by atomic mass is 10.1. The molecule has 4 nitrogen and oxygen atoms in total. The van der Waals surface area contributed by atoms with Crippen molar-refractivity contribution in [3.05, 3.63) is 16.1 Å². The van der Waals surface area contributed by atoms with Crippen LogP contribution in [0.15, 0.2) is 5.38 Å². The lowest BCUT2D eigenvalue weighted by Crippen LogP contribution is -2.15. The number of nitrogens with zero attached hydrogens (tertiary/aromatic N) is 1. The van der Waals surface area contributed by atoms with Gasteiger partial charge >= 0.3 is 5.97 Å². The standard InChI is InChI=1S/C10H16N2O2S/c1-6(2)3-9-12-8(5-15-9)7(11)4-10(13)14/h5-7H,3-4,11H2,1-2H3,(H,13,14). The number of carbonyl (C=O) groups is 1. The van der Waals surface area contributed by atoms with Crippen LogP contribution < -0.4 is 5.73 Å². The molecule has 1 unspecified atom stereocenters. The van der Waals surface area contributed by atoms with E-state index in [4.69, 9.17) is 10.8 Å². The molecule has 3 N–H and O–H groups in total. The van der Waals surface area contributed by atoms with Crippen molar-refractivity contribution >= 4 is 17.3 Å². The lowest BCUT2D eigenvalue weighted by Gasteiger charge is -2.04. The molecule has 0 spiro atoms. The van der Waals surface area contributed by atoms with Crippen LogP contribution in [-0.2, 0) is 11.2 Å². The molecule has 0 aliphatic rings. The molecular formula is C10H16N2O2S. The second-order valence-electron chi connectivity index (χ2n) is 3.97. The summed E-state index contributed by atoms with van der Waals surface area (Å²) in [6, 6.07) is -0.486. The van der Waals surface area contributed by atoms with Crippen molar-refractivity contribution in [1.82, 2.24) is 4.98 Å². The van der Waals surface area contributed by atoms with Gasteiger partial charge < -0.3 is 10.8 Å². The molecule has 84 valence electrons. The van der Waals surface area contributed by atoms with Crippen LogP contribution in [0, 0.1) is 5.92 Å². The fourth-order valence-electron chi connectivity index (χ4n) is 1.23. The van der Waals surface area contributed by atoms with Gasteiger partial charge in [-0.2, -0.15) is 0 Å². The number of aromatic nitrogens is 1. The minimum Gasteiger partial charge on any atom is -0.481 e. The molecule has 0 aliphatic heterocycles. The summed E-state index contributed by atoms with van der Waals surface area (Å²) in [5, 5.41) is 11.5. The van der Waals surface area contributed by atoms with Crippen molar-refractivity contribution in [2.45, 2.75) is 32.7 Å². The minimum absolute atomic E-state index is 0.0646. The van der Waals surface area contributed by atoms with Gasteiger partial charge in [-0.25, -0.2) is 4.98 Å². The summed E-state index contributed by atoms with van der Waals surface area (Å²) in [5.41, 5.74) is 6.40. The zero-order chi connectivity index (χ0) is 11.4. The van der Waals surface area contributed by atoms with Gasteiger partial charge in [0, 0.05) is 11.8 Å². The molecule has 0 aromatic carbocycles. The van der Waals surface area contributed by atoms with Gasteiger partial charge in [0.05, 0.1) is 23.2 Å². The summed E-state index contributed by atoms with van der Waals surface area (Å²) >= 11 is 1.55. The van der Waals surface area contributed by atoms with E-state index in [1.807, 2.05) is 5.38 Å². The first kappa shape index (κ1) is 12.1. The first-order valence-electron chi connectivity index (χ1n) is 4.90. The van der Waals surface area contributed by atoms with Crippen LogP contribution in [0.4, 0.5) is 0 Å². The number of aliphatic carboxylic acids is 1. The molecule has 0 radical (unpaired) electrons. The lowest BCUT2D eigenvalue weighted by molar-refractivity contribution is -0.137. The van der Waals surface area contributed by atoms with Crippen molar-refractivity contribution in [3.63, 3.8) is 0 Å².